The monoisotopic (exact) mass is 791 g/mol. The van der Waals surface area contributed by atoms with E-state index in [-0.39, 0.29) is 12.4 Å². The van der Waals surface area contributed by atoms with E-state index in [1.165, 1.54) is 56.6 Å². The van der Waals surface area contributed by atoms with E-state index in [1.54, 1.807) is 18.3 Å². The highest BCUT2D eigenvalue weighted by Gasteiger charge is 2.19. The lowest BCUT2D eigenvalue weighted by atomic mass is 10.1. The van der Waals surface area contributed by atoms with Crippen molar-refractivity contribution in [2.24, 2.45) is 0 Å². The number of hydrogen-bond acceptors (Lipinski definition) is 8. The Morgan fingerprint density at radius 3 is 2.22 bits per heavy atom. The van der Waals surface area contributed by atoms with E-state index >= 15 is 0 Å². The number of halogens is 2. The molecule has 55 heavy (non-hydrogen) atoms. The molecule has 0 saturated heterocycles. The summed E-state index contributed by atoms with van der Waals surface area (Å²) < 4.78 is 21.5. The van der Waals surface area contributed by atoms with Gasteiger partial charge in [-0.15, -0.1) is 17.5 Å². The molecule has 4 heterocycles. The molecule has 12 heteroatoms. The Bertz CT molecular complexity index is 1840. The summed E-state index contributed by atoms with van der Waals surface area (Å²) in [4.78, 5) is 20.4. The highest BCUT2D eigenvalue weighted by molar-refractivity contribution is 6.36. The first-order valence-corrected chi connectivity index (χ1v) is 20.1. The fourth-order valence-electron chi connectivity index (χ4n) is 6.55. The maximum absolute atomic E-state index is 11.9. The van der Waals surface area contributed by atoms with Gasteiger partial charge in [0, 0.05) is 81.9 Å². The summed E-state index contributed by atoms with van der Waals surface area (Å²) in [5.41, 5.74) is 4.38. The van der Waals surface area contributed by atoms with Gasteiger partial charge in [-0.1, -0.05) is 55.0 Å². The first kappa shape index (κ1) is 43.8. The van der Waals surface area contributed by atoms with Crippen LogP contribution in [-0.2, 0) is 40.2 Å². The van der Waals surface area contributed by atoms with Crippen LogP contribution in [0.25, 0.3) is 22.2 Å². The molecule has 0 aliphatic carbocycles. The van der Waals surface area contributed by atoms with Gasteiger partial charge < -0.3 is 14.2 Å². The summed E-state index contributed by atoms with van der Waals surface area (Å²) in [5, 5.41) is 9.88. The second-order valence-corrected chi connectivity index (χ2v) is 14.3. The number of carbonyl (C=O) groups excluding carboxylic acids is 1. The Kier molecular flexibility index (Phi) is 20.1. The van der Waals surface area contributed by atoms with Crippen LogP contribution in [-0.4, -0.2) is 57.4 Å². The Labute approximate surface area is 337 Å². The summed E-state index contributed by atoms with van der Waals surface area (Å²) in [7, 11) is 0. The number of hydrogen-bond donors (Lipinski definition) is 0. The number of carbonyl (C=O) groups is 1. The van der Waals surface area contributed by atoms with Crippen molar-refractivity contribution in [1.29, 1.82) is 0 Å². The Balaban J connectivity index is 0.00000673. The Morgan fingerprint density at radius 2 is 1.47 bits per heavy atom. The fraction of sp³-hybridized carbons (Fsp3) is 0.488. The molecule has 0 fully saturated rings. The SMILES string of the molecule is CC(=O)Oc1c(-c2cn(CCCCCCCCOCCCc3ccc[n+](CCCCCCOCCCc4cccnc4)c3)nn2)cc(Cl)c2cccnc12.Cl. The number of ether oxygens (including phenoxy) is 3. The molecule has 0 unspecified atom stereocenters. The number of aromatic nitrogens is 6. The van der Waals surface area contributed by atoms with Gasteiger partial charge in [0.05, 0.1) is 16.8 Å². The van der Waals surface area contributed by atoms with E-state index < -0.39 is 5.97 Å². The molecule has 0 radical (unpaired) electrons. The molecule has 0 bridgehead atoms. The van der Waals surface area contributed by atoms with Gasteiger partial charge in [0.2, 0.25) is 0 Å². The first-order chi connectivity index (χ1) is 26.6. The molecular formula is C43H57Cl2N6O4+. The lowest BCUT2D eigenvalue weighted by Crippen LogP contribution is -2.33. The van der Waals surface area contributed by atoms with Crippen LogP contribution in [0.3, 0.4) is 0 Å². The molecule has 0 aliphatic heterocycles. The van der Waals surface area contributed by atoms with Crippen molar-refractivity contribution < 1.29 is 23.6 Å². The van der Waals surface area contributed by atoms with E-state index in [2.05, 4.69) is 55.4 Å². The van der Waals surface area contributed by atoms with Crippen LogP contribution in [0, 0.1) is 0 Å². The molecular weight excluding hydrogens is 735 g/mol. The van der Waals surface area contributed by atoms with E-state index in [9.17, 15) is 4.79 Å². The lowest BCUT2D eigenvalue weighted by Gasteiger charge is -2.11. The largest absolute Gasteiger partial charge is 0.424 e. The second kappa shape index (κ2) is 25.2. The van der Waals surface area contributed by atoms with Crippen LogP contribution >= 0.6 is 24.0 Å². The number of aryl methyl sites for hydroxylation is 4. The summed E-state index contributed by atoms with van der Waals surface area (Å²) in [5.74, 6) is -0.0815. The van der Waals surface area contributed by atoms with Crippen molar-refractivity contribution in [3.63, 3.8) is 0 Å². The standard InChI is InChI=1S/C43H56ClN6O4.ClH/c1-35(51)54-43-39(31-40(44)38-21-13-23-46-42(38)43)41-34-50(48-47-41)26-9-4-2-3-6-10-27-53-30-16-20-37-18-14-25-49(33-37)24-8-5-7-11-28-52-29-15-19-36-17-12-22-45-32-36;/h12-14,17-18,21-23,25,31-34H,2-11,15-16,19-20,24,26-30H2,1H3;1H/q+1;. The number of nitrogens with zero attached hydrogens (tertiary/aromatic N) is 6. The van der Waals surface area contributed by atoms with E-state index in [4.69, 9.17) is 25.8 Å². The zero-order valence-corrected chi connectivity index (χ0v) is 33.8. The Hall–Kier alpha value is -3.96. The third kappa shape index (κ3) is 15.6. The van der Waals surface area contributed by atoms with Gasteiger partial charge in [-0.3, -0.25) is 19.4 Å². The van der Waals surface area contributed by atoms with Crippen molar-refractivity contribution in [3.8, 4) is 17.0 Å². The number of fused-ring (bicyclic) bond motifs is 1. The average molecular weight is 793 g/mol. The number of unbranched alkanes of at least 4 members (excludes halogenated alkanes) is 8. The summed E-state index contributed by atoms with van der Waals surface area (Å²) in [6.45, 7) is 6.53. The second-order valence-electron chi connectivity index (χ2n) is 13.9. The van der Waals surface area contributed by atoms with Crippen LogP contribution in [0.2, 0.25) is 5.02 Å². The van der Waals surface area contributed by atoms with E-state index in [0.717, 1.165) is 90.9 Å². The molecule has 1 aromatic carbocycles. The minimum absolute atomic E-state index is 0. The maximum atomic E-state index is 11.9. The van der Waals surface area contributed by atoms with Gasteiger partial charge in [-0.05, 0) is 87.3 Å². The molecule has 10 nitrogen and oxygen atoms in total. The normalized spacial score (nSPS) is 11.2. The minimum Gasteiger partial charge on any atom is -0.424 e. The van der Waals surface area contributed by atoms with Gasteiger partial charge in [0.1, 0.15) is 17.8 Å². The van der Waals surface area contributed by atoms with E-state index in [1.807, 2.05) is 35.4 Å². The summed E-state index contributed by atoms with van der Waals surface area (Å²) in [6.07, 6.45) is 27.5. The Morgan fingerprint density at radius 1 is 0.800 bits per heavy atom. The zero-order valence-electron chi connectivity index (χ0n) is 32.3. The van der Waals surface area contributed by atoms with Gasteiger partial charge >= 0.3 is 5.97 Å². The predicted octanol–water partition coefficient (Wildman–Crippen LogP) is 9.38. The molecule has 0 N–H and O–H groups in total. The van der Waals surface area contributed by atoms with Crippen molar-refractivity contribution in [1.82, 2.24) is 25.0 Å². The molecule has 5 aromatic rings. The number of rotatable bonds is 26. The molecule has 0 aliphatic rings. The van der Waals surface area contributed by atoms with Gasteiger partial charge in [0.25, 0.3) is 0 Å². The molecule has 0 saturated carbocycles. The van der Waals surface area contributed by atoms with Crippen molar-refractivity contribution in [2.75, 3.05) is 26.4 Å². The van der Waals surface area contributed by atoms with Gasteiger partial charge in [0.15, 0.2) is 18.1 Å². The van der Waals surface area contributed by atoms with Crippen LogP contribution in [0.5, 0.6) is 5.75 Å². The number of benzene rings is 1. The van der Waals surface area contributed by atoms with Gasteiger partial charge in [-0.25, -0.2) is 4.57 Å². The average Bonchev–Trinajstić information content (AvgIpc) is 3.66. The fourth-order valence-corrected chi connectivity index (χ4v) is 6.81. The number of esters is 1. The topological polar surface area (TPSA) is 105 Å². The summed E-state index contributed by atoms with van der Waals surface area (Å²) >= 11 is 6.54. The molecule has 0 amide bonds. The first-order valence-electron chi connectivity index (χ1n) is 19.8. The highest BCUT2D eigenvalue weighted by atomic mass is 35.5. The summed E-state index contributed by atoms with van der Waals surface area (Å²) in [6, 6.07) is 13.9. The van der Waals surface area contributed by atoms with Crippen LogP contribution in [0.15, 0.2) is 79.6 Å². The van der Waals surface area contributed by atoms with Crippen molar-refractivity contribution in [2.45, 2.75) is 110 Å². The molecule has 0 spiro atoms. The van der Waals surface area contributed by atoms with Crippen molar-refractivity contribution in [3.05, 3.63) is 95.8 Å². The van der Waals surface area contributed by atoms with Crippen molar-refractivity contribution >= 4 is 40.9 Å². The minimum atomic E-state index is -0.430. The van der Waals surface area contributed by atoms with Crippen LogP contribution in [0.1, 0.15) is 95.1 Å². The third-order valence-corrected chi connectivity index (χ3v) is 9.70. The third-order valence-electron chi connectivity index (χ3n) is 9.39. The molecule has 4 aromatic heterocycles. The molecule has 0 atom stereocenters. The molecule has 5 rings (SSSR count). The van der Waals surface area contributed by atoms with Crippen LogP contribution in [0.4, 0.5) is 0 Å². The van der Waals surface area contributed by atoms with E-state index in [0.29, 0.717) is 32.9 Å². The maximum Gasteiger partial charge on any atom is 0.308 e. The quantitative estimate of drug-likeness (QED) is 0.0236. The lowest BCUT2D eigenvalue weighted by molar-refractivity contribution is -0.697. The predicted molar refractivity (Wildman–Crippen MR) is 220 cm³/mol. The molecule has 296 valence electrons. The zero-order chi connectivity index (χ0) is 37.6. The van der Waals surface area contributed by atoms with Gasteiger partial charge in [-0.2, -0.15) is 0 Å². The highest BCUT2D eigenvalue weighted by Crippen LogP contribution is 2.39. The number of pyridine rings is 3. The smallest absolute Gasteiger partial charge is 0.308 e. The van der Waals surface area contributed by atoms with Crippen LogP contribution < -0.4 is 9.30 Å².